The van der Waals surface area contributed by atoms with E-state index in [2.05, 4.69) is 10.3 Å². The number of ether oxygens (including phenoxy) is 1. The molecule has 2 aromatic heterocycles. The first-order valence-electron chi connectivity index (χ1n) is 8.58. The highest BCUT2D eigenvalue weighted by molar-refractivity contribution is 6.31. The molecule has 2 aromatic carbocycles. The predicted octanol–water partition coefficient (Wildman–Crippen LogP) is 3.44. The highest BCUT2D eigenvalue weighted by atomic mass is 35.5. The zero-order valence-electron chi connectivity index (χ0n) is 15.0. The van der Waals surface area contributed by atoms with Crippen molar-refractivity contribution in [3.05, 3.63) is 87.3 Å². The molecule has 1 amide bonds. The summed E-state index contributed by atoms with van der Waals surface area (Å²) in [4.78, 5) is 29.8. The van der Waals surface area contributed by atoms with E-state index in [1.165, 1.54) is 10.6 Å². The summed E-state index contributed by atoms with van der Waals surface area (Å²) in [5.74, 6) is 0.399. The van der Waals surface area contributed by atoms with E-state index in [1.54, 1.807) is 37.4 Å². The molecule has 0 saturated carbocycles. The fourth-order valence-electron chi connectivity index (χ4n) is 3.04. The summed E-state index contributed by atoms with van der Waals surface area (Å²) < 4.78 is 6.65. The number of methoxy groups -OCH3 is 1. The van der Waals surface area contributed by atoms with Crippen molar-refractivity contribution in [3.63, 3.8) is 0 Å². The molecule has 4 rings (SSSR count). The third kappa shape index (κ3) is 3.30. The summed E-state index contributed by atoms with van der Waals surface area (Å²) in [5, 5.41) is 3.70. The summed E-state index contributed by atoms with van der Waals surface area (Å²) in [7, 11) is 1.58. The second kappa shape index (κ2) is 7.32. The van der Waals surface area contributed by atoms with Crippen LogP contribution in [0, 0.1) is 0 Å². The Hall–Kier alpha value is -3.38. The fraction of sp³-hybridized carbons (Fsp3) is 0.0952. The van der Waals surface area contributed by atoms with Crippen molar-refractivity contribution in [1.29, 1.82) is 0 Å². The highest BCUT2D eigenvalue weighted by Gasteiger charge is 2.11. The van der Waals surface area contributed by atoms with Crippen LogP contribution >= 0.6 is 11.6 Å². The molecule has 0 aliphatic rings. The van der Waals surface area contributed by atoms with Crippen molar-refractivity contribution in [1.82, 2.24) is 14.7 Å². The number of fused-ring (bicyclic) bond motifs is 2. The van der Waals surface area contributed by atoms with E-state index in [9.17, 15) is 9.59 Å². The first-order chi connectivity index (χ1) is 13.6. The minimum Gasteiger partial charge on any atom is -0.496 e. The zero-order valence-corrected chi connectivity index (χ0v) is 15.7. The number of benzene rings is 2. The van der Waals surface area contributed by atoms with Crippen LogP contribution in [-0.2, 0) is 6.54 Å². The number of halogens is 1. The van der Waals surface area contributed by atoms with Gasteiger partial charge >= 0.3 is 0 Å². The van der Waals surface area contributed by atoms with Crippen molar-refractivity contribution in [2.24, 2.45) is 0 Å². The van der Waals surface area contributed by atoms with Crippen LogP contribution in [0.3, 0.4) is 0 Å². The summed E-state index contributed by atoms with van der Waals surface area (Å²) in [6.45, 7) is 0.307. The Labute approximate surface area is 165 Å². The second-order valence-corrected chi connectivity index (χ2v) is 6.66. The van der Waals surface area contributed by atoms with Crippen LogP contribution in [0.1, 0.15) is 15.9 Å². The van der Waals surface area contributed by atoms with E-state index < -0.39 is 0 Å². The Morgan fingerprint density at radius 2 is 2.00 bits per heavy atom. The van der Waals surface area contributed by atoms with Crippen molar-refractivity contribution in [3.8, 4) is 5.75 Å². The third-order valence-corrected chi connectivity index (χ3v) is 4.70. The minimum absolute atomic E-state index is 0.276. The first-order valence-corrected chi connectivity index (χ1v) is 8.96. The van der Waals surface area contributed by atoms with E-state index in [0.29, 0.717) is 39.4 Å². The van der Waals surface area contributed by atoms with Crippen LogP contribution < -0.4 is 15.6 Å². The highest BCUT2D eigenvalue weighted by Crippen LogP contribution is 2.18. The summed E-state index contributed by atoms with van der Waals surface area (Å²) in [5.41, 5.74) is 1.96. The molecule has 6 nitrogen and oxygen atoms in total. The number of aromatic nitrogens is 2. The Morgan fingerprint density at radius 1 is 1.18 bits per heavy atom. The van der Waals surface area contributed by atoms with Crippen LogP contribution in [0.5, 0.6) is 5.75 Å². The zero-order chi connectivity index (χ0) is 19.7. The molecule has 0 saturated heterocycles. The average molecular weight is 394 g/mol. The topological polar surface area (TPSA) is 72.7 Å². The van der Waals surface area contributed by atoms with Gasteiger partial charge in [0.1, 0.15) is 11.4 Å². The van der Waals surface area contributed by atoms with E-state index in [-0.39, 0.29) is 11.5 Å². The lowest BCUT2D eigenvalue weighted by Crippen LogP contribution is -2.24. The van der Waals surface area contributed by atoms with Gasteiger partial charge in [0.05, 0.1) is 23.6 Å². The van der Waals surface area contributed by atoms with Gasteiger partial charge < -0.3 is 10.1 Å². The normalized spacial score (nSPS) is 10.9. The number of carbonyl (C=O) groups is 1. The number of nitrogens with zero attached hydrogens (tertiary/aromatic N) is 2. The molecule has 0 unspecified atom stereocenters. The number of pyridine rings is 1. The van der Waals surface area contributed by atoms with Crippen LogP contribution in [0.4, 0.5) is 0 Å². The van der Waals surface area contributed by atoms with Gasteiger partial charge in [-0.1, -0.05) is 29.8 Å². The number of para-hydroxylation sites is 1. The van der Waals surface area contributed by atoms with Gasteiger partial charge in [-0.15, -0.1) is 0 Å². The maximum atomic E-state index is 12.8. The predicted molar refractivity (Wildman–Crippen MR) is 108 cm³/mol. The molecule has 0 fully saturated rings. The number of hydrogen-bond acceptors (Lipinski definition) is 4. The molecule has 0 aliphatic heterocycles. The van der Waals surface area contributed by atoms with E-state index >= 15 is 0 Å². The fourth-order valence-corrected chi connectivity index (χ4v) is 3.21. The van der Waals surface area contributed by atoms with Crippen LogP contribution in [0.25, 0.3) is 16.6 Å². The van der Waals surface area contributed by atoms with Crippen molar-refractivity contribution in [2.75, 3.05) is 7.11 Å². The molecule has 1 N–H and O–H groups in total. The van der Waals surface area contributed by atoms with Gasteiger partial charge in [-0.25, -0.2) is 4.98 Å². The SMILES string of the molecule is COc1ccccc1CNC(=O)c1ccc2nc3ccc(Cl)cc3c(=O)n2c1. The first kappa shape index (κ1) is 18.0. The van der Waals surface area contributed by atoms with Gasteiger partial charge in [-0.3, -0.25) is 14.0 Å². The van der Waals surface area contributed by atoms with E-state index in [0.717, 1.165) is 5.56 Å². The van der Waals surface area contributed by atoms with Gasteiger partial charge in [0.15, 0.2) is 0 Å². The van der Waals surface area contributed by atoms with Crippen LogP contribution in [0.2, 0.25) is 5.02 Å². The molecule has 28 heavy (non-hydrogen) atoms. The summed E-state index contributed by atoms with van der Waals surface area (Å²) >= 11 is 6.00. The Balaban J connectivity index is 1.67. The maximum absolute atomic E-state index is 12.8. The summed E-state index contributed by atoms with van der Waals surface area (Å²) in [6.07, 6.45) is 1.49. The number of rotatable bonds is 4. The number of amides is 1. The quantitative estimate of drug-likeness (QED) is 0.539. The van der Waals surface area contributed by atoms with Gasteiger partial charge in [0.25, 0.3) is 11.5 Å². The molecule has 4 aromatic rings. The number of nitrogens with one attached hydrogen (secondary N) is 1. The Morgan fingerprint density at radius 3 is 2.82 bits per heavy atom. The lowest BCUT2D eigenvalue weighted by Gasteiger charge is -2.10. The number of hydrogen-bond donors (Lipinski definition) is 1. The number of carbonyl (C=O) groups excluding carboxylic acids is 1. The lowest BCUT2D eigenvalue weighted by atomic mass is 10.2. The molecular weight excluding hydrogens is 378 g/mol. The largest absolute Gasteiger partial charge is 0.496 e. The van der Waals surface area contributed by atoms with Crippen LogP contribution in [0.15, 0.2) is 65.6 Å². The molecule has 0 aliphatic carbocycles. The van der Waals surface area contributed by atoms with Gasteiger partial charge in [0, 0.05) is 23.3 Å². The van der Waals surface area contributed by atoms with Crippen molar-refractivity contribution >= 4 is 34.1 Å². The van der Waals surface area contributed by atoms with Gasteiger partial charge in [0.2, 0.25) is 0 Å². The van der Waals surface area contributed by atoms with Crippen molar-refractivity contribution < 1.29 is 9.53 Å². The monoisotopic (exact) mass is 393 g/mol. The van der Waals surface area contributed by atoms with E-state index in [1.807, 2.05) is 24.3 Å². The molecule has 7 heteroatoms. The minimum atomic E-state index is -0.300. The molecule has 0 bridgehead atoms. The second-order valence-electron chi connectivity index (χ2n) is 6.22. The van der Waals surface area contributed by atoms with Gasteiger partial charge in [-0.05, 0) is 36.4 Å². The average Bonchev–Trinajstić information content (AvgIpc) is 2.72. The molecule has 2 heterocycles. The third-order valence-electron chi connectivity index (χ3n) is 4.46. The molecule has 0 spiro atoms. The molecule has 140 valence electrons. The smallest absolute Gasteiger partial charge is 0.265 e. The summed E-state index contributed by atoms with van der Waals surface area (Å²) in [6, 6.07) is 15.7. The Bertz CT molecular complexity index is 1270. The molecular formula is C21H16ClN3O3. The van der Waals surface area contributed by atoms with E-state index in [4.69, 9.17) is 16.3 Å². The van der Waals surface area contributed by atoms with Crippen molar-refractivity contribution in [2.45, 2.75) is 6.54 Å². The molecule has 0 atom stereocenters. The lowest BCUT2D eigenvalue weighted by molar-refractivity contribution is 0.0950. The standard InChI is InChI=1S/C21H16ClN3O3/c1-28-18-5-3-2-4-13(18)11-23-20(26)14-6-9-19-24-17-8-7-15(22)10-16(17)21(27)25(19)12-14/h2-10,12H,11H2,1H3,(H,23,26). The molecule has 0 radical (unpaired) electrons. The maximum Gasteiger partial charge on any atom is 0.265 e. The van der Waals surface area contributed by atoms with Gasteiger partial charge in [-0.2, -0.15) is 0 Å². The van der Waals surface area contributed by atoms with Crippen LogP contribution in [-0.4, -0.2) is 22.4 Å². The Kier molecular flexibility index (Phi) is 4.71.